The lowest BCUT2D eigenvalue weighted by Gasteiger charge is -2.42. The number of benzene rings is 4. The number of imidazole rings is 1. The van der Waals surface area contributed by atoms with Crippen molar-refractivity contribution in [3.63, 3.8) is 0 Å². The molecule has 1 N–H and O–H groups in total. The first-order chi connectivity index (χ1) is 21.5. The van der Waals surface area contributed by atoms with Gasteiger partial charge in [-0.15, -0.1) is 0 Å². The standard InChI is InChI=1S/C37H41N5O2S/c1-25(2)38-36-39-32-24-29(45(5,43)44)18-19-35(32)42(36)28-20-22-40(23-21-28)26-14-16-27(17-15-26)41-33-12-8-6-10-30(33)37(3,4)31-11-7-9-13-34(31)41/h6-19,24-25,28H,20-23H2,1-5H3,(H,38,39). The number of piperidine rings is 1. The number of aromatic nitrogens is 2. The molecule has 232 valence electrons. The van der Waals surface area contributed by atoms with E-state index in [1.807, 2.05) is 6.07 Å². The Morgan fingerprint density at radius 2 is 1.40 bits per heavy atom. The Kier molecular flexibility index (Phi) is 7.15. The summed E-state index contributed by atoms with van der Waals surface area (Å²) in [6.07, 6.45) is 3.18. The SMILES string of the molecule is CC(C)Nc1nc2cc(S(C)(=O)=O)ccc2n1C1CCN(c2ccc(N3c4ccccc4C(C)(C)c4ccccc43)cc2)CC1. The van der Waals surface area contributed by atoms with E-state index in [1.165, 1.54) is 34.4 Å². The average Bonchev–Trinajstić information content (AvgIpc) is 3.38. The zero-order valence-corrected chi connectivity index (χ0v) is 27.5. The topological polar surface area (TPSA) is 70.5 Å². The molecule has 7 nitrogen and oxygen atoms in total. The van der Waals surface area contributed by atoms with Gasteiger partial charge in [-0.25, -0.2) is 13.4 Å². The Hall–Kier alpha value is -4.30. The maximum atomic E-state index is 12.2. The average molecular weight is 620 g/mol. The minimum Gasteiger partial charge on any atom is -0.371 e. The number of fused-ring (bicyclic) bond motifs is 3. The number of sulfone groups is 1. The first-order valence-electron chi connectivity index (χ1n) is 15.8. The van der Waals surface area contributed by atoms with E-state index in [1.54, 1.807) is 12.1 Å². The van der Waals surface area contributed by atoms with E-state index in [2.05, 4.69) is 120 Å². The fraction of sp³-hybridized carbons (Fsp3) is 0.324. The zero-order valence-electron chi connectivity index (χ0n) is 26.7. The number of rotatable bonds is 6. The molecule has 0 radical (unpaired) electrons. The molecular weight excluding hydrogens is 579 g/mol. The quantitative estimate of drug-likeness (QED) is 0.207. The summed E-state index contributed by atoms with van der Waals surface area (Å²) in [7, 11) is -3.31. The number of nitrogens with one attached hydrogen (secondary N) is 1. The number of para-hydroxylation sites is 2. The monoisotopic (exact) mass is 619 g/mol. The van der Waals surface area contributed by atoms with Crippen LogP contribution in [-0.4, -0.2) is 43.4 Å². The van der Waals surface area contributed by atoms with Gasteiger partial charge in [0.1, 0.15) is 0 Å². The summed E-state index contributed by atoms with van der Waals surface area (Å²) in [6, 6.07) is 32.3. The minimum absolute atomic E-state index is 0.0743. The zero-order chi connectivity index (χ0) is 31.5. The lowest BCUT2D eigenvalue weighted by molar-refractivity contribution is 0.406. The van der Waals surface area contributed by atoms with Gasteiger partial charge in [0.25, 0.3) is 0 Å². The Bertz CT molecular complexity index is 1940. The largest absolute Gasteiger partial charge is 0.371 e. The van der Waals surface area contributed by atoms with Crippen LogP contribution in [0.15, 0.2) is 95.9 Å². The highest BCUT2D eigenvalue weighted by Gasteiger charge is 2.36. The van der Waals surface area contributed by atoms with E-state index in [-0.39, 0.29) is 17.5 Å². The summed E-state index contributed by atoms with van der Waals surface area (Å²) >= 11 is 0. The number of hydrogen-bond acceptors (Lipinski definition) is 6. The highest BCUT2D eigenvalue weighted by atomic mass is 32.2. The molecule has 45 heavy (non-hydrogen) atoms. The molecular formula is C37H41N5O2S. The van der Waals surface area contributed by atoms with Gasteiger partial charge in [0.05, 0.1) is 27.3 Å². The van der Waals surface area contributed by atoms with E-state index in [4.69, 9.17) is 4.98 Å². The van der Waals surface area contributed by atoms with Crippen LogP contribution >= 0.6 is 0 Å². The summed E-state index contributed by atoms with van der Waals surface area (Å²) in [5, 5.41) is 3.50. The fourth-order valence-corrected chi connectivity index (χ4v) is 7.82. The summed E-state index contributed by atoms with van der Waals surface area (Å²) in [4.78, 5) is 10.0. The van der Waals surface area contributed by atoms with E-state index >= 15 is 0 Å². The predicted octanol–water partition coefficient (Wildman–Crippen LogP) is 8.21. The van der Waals surface area contributed by atoms with Crippen LogP contribution in [0, 0.1) is 0 Å². The molecule has 0 bridgehead atoms. The molecule has 0 aliphatic carbocycles. The summed E-state index contributed by atoms with van der Waals surface area (Å²) in [5.74, 6) is 0.804. The van der Waals surface area contributed by atoms with Gasteiger partial charge in [0.15, 0.2) is 9.84 Å². The third-order valence-electron chi connectivity index (χ3n) is 9.45. The van der Waals surface area contributed by atoms with Crippen molar-refractivity contribution in [2.75, 3.05) is 34.5 Å². The first kappa shape index (κ1) is 29.4. The highest BCUT2D eigenvalue weighted by Crippen LogP contribution is 2.51. The fourth-order valence-electron chi connectivity index (χ4n) is 7.18. The van der Waals surface area contributed by atoms with Gasteiger partial charge in [-0.1, -0.05) is 50.2 Å². The molecule has 3 heterocycles. The molecule has 1 aromatic heterocycles. The molecule has 7 rings (SSSR count). The van der Waals surface area contributed by atoms with Crippen molar-refractivity contribution >= 4 is 49.6 Å². The van der Waals surface area contributed by atoms with Crippen LogP contribution in [0.2, 0.25) is 0 Å². The number of anilines is 5. The van der Waals surface area contributed by atoms with Crippen LogP contribution in [0.25, 0.3) is 11.0 Å². The van der Waals surface area contributed by atoms with Crippen molar-refractivity contribution in [1.82, 2.24) is 9.55 Å². The van der Waals surface area contributed by atoms with Crippen molar-refractivity contribution in [1.29, 1.82) is 0 Å². The normalized spacial score (nSPS) is 16.6. The predicted molar refractivity (Wildman–Crippen MR) is 185 cm³/mol. The third-order valence-corrected chi connectivity index (χ3v) is 10.6. The third kappa shape index (κ3) is 5.15. The molecule has 2 aliphatic heterocycles. The molecule has 0 saturated carbocycles. The van der Waals surface area contributed by atoms with Crippen LogP contribution in [-0.2, 0) is 15.3 Å². The Morgan fingerprint density at radius 1 is 0.822 bits per heavy atom. The molecule has 0 unspecified atom stereocenters. The van der Waals surface area contributed by atoms with Gasteiger partial charge in [-0.3, -0.25) is 0 Å². The molecule has 1 fully saturated rings. The van der Waals surface area contributed by atoms with Crippen LogP contribution in [0.5, 0.6) is 0 Å². The molecule has 0 atom stereocenters. The smallest absolute Gasteiger partial charge is 0.204 e. The van der Waals surface area contributed by atoms with Crippen LogP contribution in [0.1, 0.15) is 57.7 Å². The van der Waals surface area contributed by atoms with Crippen molar-refractivity contribution in [2.45, 2.75) is 62.9 Å². The molecule has 8 heteroatoms. The Balaban J connectivity index is 1.14. The second kappa shape index (κ2) is 10.9. The molecule has 0 spiro atoms. The summed E-state index contributed by atoms with van der Waals surface area (Å²) < 4.78 is 26.7. The molecule has 5 aromatic rings. The minimum atomic E-state index is -3.31. The van der Waals surface area contributed by atoms with E-state index < -0.39 is 9.84 Å². The van der Waals surface area contributed by atoms with Gasteiger partial charge in [0.2, 0.25) is 5.95 Å². The van der Waals surface area contributed by atoms with Gasteiger partial charge in [-0.2, -0.15) is 0 Å². The van der Waals surface area contributed by atoms with E-state index in [0.717, 1.165) is 43.1 Å². The van der Waals surface area contributed by atoms with E-state index in [0.29, 0.717) is 10.4 Å². The highest BCUT2D eigenvalue weighted by molar-refractivity contribution is 7.90. The maximum absolute atomic E-state index is 12.2. The number of nitrogens with zero attached hydrogens (tertiary/aromatic N) is 4. The lowest BCUT2D eigenvalue weighted by Crippen LogP contribution is -2.35. The van der Waals surface area contributed by atoms with Gasteiger partial charge in [-0.05, 0) is 92.4 Å². The maximum Gasteiger partial charge on any atom is 0.204 e. The van der Waals surface area contributed by atoms with Crippen LogP contribution < -0.4 is 15.1 Å². The Morgan fingerprint density at radius 3 is 1.98 bits per heavy atom. The molecule has 1 saturated heterocycles. The molecule has 2 aliphatic rings. The van der Waals surface area contributed by atoms with Gasteiger partial charge >= 0.3 is 0 Å². The van der Waals surface area contributed by atoms with Gasteiger partial charge < -0.3 is 19.7 Å². The van der Waals surface area contributed by atoms with Crippen LogP contribution in [0.3, 0.4) is 0 Å². The Labute approximate surface area is 266 Å². The van der Waals surface area contributed by atoms with Crippen molar-refractivity contribution in [3.8, 4) is 0 Å². The second-order valence-corrected chi connectivity index (χ2v) is 15.3. The first-order valence-corrected chi connectivity index (χ1v) is 17.7. The summed E-state index contributed by atoms with van der Waals surface area (Å²) in [5.41, 5.74) is 9.13. The van der Waals surface area contributed by atoms with Gasteiger partial charge in [0, 0.05) is 48.2 Å². The summed E-state index contributed by atoms with van der Waals surface area (Å²) in [6.45, 7) is 10.7. The van der Waals surface area contributed by atoms with Crippen LogP contribution in [0.4, 0.5) is 28.7 Å². The molecule has 0 amide bonds. The van der Waals surface area contributed by atoms with Crippen molar-refractivity contribution < 1.29 is 8.42 Å². The number of hydrogen-bond donors (Lipinski definition) is 1. The van der Waals surface area contributed by atoms with Crippen molar-refractivity contribution in [2.24, 2.45) is 0 Å². The lowest BCUT2D eigenvalue weighted by atomic mass is 9.73. The second-order valence-electron chi connectivity index (χ2n) is 13.3. The van der Waals surface area contributed by atoms with Crippen molar-refractivity contribution in [3.05, 3.63) is 102 Å². The van der Waals surface area contributed by atoms with E-state index in [9.17, 15) is 8.42 Å². The molecule has 4 aromatic carbocycles.